The standard InChI is InChI=1S/C21H20N2O2/c1-15-6-5-9-19(16(15)2)23(14-17-10-12-22-13-11-17)20-8-4-3-7-18(20)21(24)25/h3-13H,14H2,1-2H3,(H,24,25). The second kappa shape index (κ2) is 7.18. The minimum Gasteiger partial charge on any atom is -0.478 e. The Balaban J connectivity index is 2.16. The molecule has 3 rings (SSSR count). The number of aromatic nitrogens is 1. The van der Waals surface area contributed by atoms with Gasteiger partial charge in [-0.3, -0.25) is 4.98 Å². The Bertz CT molecular complexity index is 891. The van der Waals surface area contributed by atoms with Crippen LogP contribution in [0.1, 0.15) is 27.0 Å². The molecule has 0 bridgehead atoms. The topological polar surface area (TPSA) is 53.4 Å². The first kappa shape index (κ1) is 16.7. The maximum Gasteiger partial charge on any atom is 0.337 e. The van der Waals surface area contributed by atoms with Crippen molar-refractivity contribution in [1.29, 1.82) is 0 Å². The van der Waals surface area contributed by atoms with Crippen molar-refractivity contribution in [3.63, 3.8) is 0 Å². The van der Waals surface area contributed by atoms with E-state index in [0.29, 0.717) is 12.2 Å². The molecule has 4 nitrogen and oxygen atoms in total. The van der Waals surface area contributed by atoms with E-state index >= 15 is 0 Å². The van der Waals surface area contributed by atoms with Gasteiger partial charge in [-0.15, -0.1) is 0 Å². The molecule has 25 heavy (non-hydrogen) atoms. The molecule has 0 aliphatic carbocycles. The summed E-state index contributed by atoms with van der Waals surface area (Å²) in [5, 5.41) is 9.61. The number of pyridine rings is 1. The quantitative estimate of drug-likeness (QED) is 0.733. The number of benzene rings is 2. The van der Waals surface area contributed by atoms with Gasteiger partial charge in [-0.1, -0.05) is 24.3 Å². The van der Waals surface area contributed by atoms with Gasteiger partial charge in [-0.25, -0.2) is 4.79 Å². The lowest BCUT2D eigenvalue weighted by Gasteiger charge is -2.28. The second-order valence-electron chi connectivity index (χ2n) is 5.98. The molecule has 3 aromatic rings. The number of aryl methyl sites for hydroxylation is 1. The highest BCUT2D eigenvalue weighted by molar-refractivity contribution is 5.95. The number of aromatic carboxylic acids is 1. The SMILES string of the molecule is Cc1cccc(N(Cc2ccncc2)c2ccccc2C(=O)O)c1C. The molecule has 4 heteroatoms. The third-order valence-electron chi connectivity index (χ3n) is 4.38. The average Bonchev–Trinajstić information content (AvgIpc) is 2.63. The Hall–Kier alpha value is -3.14. The van der Waals surface area contributed by atoms with Gasteiger partial charge in [0, 0.05) is 24.6 Å². The van der Waals surface area contributed by atoms with E-state index in [1.807, 2.05) is 36.4 Å². The number of carbonyl (C=O) groups is 1. The highest BCUT2D eigenvalue weighted by atomic mass is 16.4. The van der Waals surface area contributed by atoms with E-state index in [0.717, 1.165) is 16.8 Å². The first-order chi connectivity index (χ1) is 12.1. The van der Waals surface area contributed by atoms with E-state index in [2.05, 4.69) is 29.8 Å². The Morgan fingerprint density at radius 3 is 2.36 bits per heavy atom. The van der Waals surface area contributed by atoms with Crippen molar-refractivity contribution in [2.75, 3.05) is 4.90 Å². The molecule has 0 unspecified atom stereocenters. The van der Waals surface area contributed by atoms with Crippen LogP contribution in [-0.2, 0) is 6.54 Å². The Morgan fingerprint density at radius 1 is 0.960 bits per heavy atom. The molecule has 2 aromatic carbocycles. The van der Waals surface area contributed by atoms with Crippen molar-refractivity contribution in [3.8, 4) is 0 Å². The van der Waals surface area contributed by atoms with Crippen molar-refractivity contribution in [1.82, 2.24) is 4.98 Å². The minimum atomic E-state index is -0.930. The van der Waals surface area contributed by atoms with Gasteiger partial charge in [-0.2, -0.15) is 0 Å². The molecule has 1 heterocycles. The molecule has 0 atom stereocenters. The number of hydrogen-bond acceptors (Lipinski definition) is 3. The molecule has 1 N–H and O–H groups in total. The molecule has 0 saturated heterocycles. The largest absolute Gasteiger partial charge is 0.478 e. The van der Waals surface area contributed by atoms with Crippen LogP contribution in [0.4, 0.5) is 11.4 Å². The molecular weight excluding hydrogens is 312 g/mol. The number of rotatable bonds is 5. The van der Waals surface area contributed by atoms with Crippen molar-refractivity contribution in [3.05, 3.63) is 89.2 Å². The predicted octanol–water partition coefficient (Wildman–Crippen LogP) is 4.73. The van der Waals surface area contributed by atoms with Crippen LogP contribution in [0, 0.1) is 13.8 Å². The lowest BCUT2D eigenvalue weighted by molar-refractivity contribution is 0.0697. The third kappa shape index (κ3) is 3.53. The zero-order valence-corrected chi connectivity index (χ0v) is 14.3. The van der Waals surface area contributed by atoms with Gasteiger partial charge in [-0.05, 0) is 60.9 Å². The predicted molar refractivity (Wildman–Crippen MR) is 99.4 cm³/mol. The van der Waals surface area contributed by atoms with Crippen LogP contribution < -0.4 is 4.90 Å². The summed E-state index contributed by atoms with van der Waals surface area (Å²) in [6.07, 6.45) is 3.50. The fourth-order valence-corrected chi connectivity index (χ4v) is 2.89. The molecule has 0 spiro atoms. The molecule has 126 valence electrons. The van der Waals surface area contributed by atoms with E-state index in [4.69, 9.17) is 0 Å². The second-order valence-corrected chi connectivity index (χ2v) is 5.98. The van der Waals surface area contributed by atoms with Crippen LogP contribution in [0.15, 0.2) is 67.0 Å². The Morgan fingerprint density at radius 2 is 1.64 bits per heavy atom. The first-order valence-corrected chi connectivity index (χ1v) is 8.13. The number of carboxylic acids is 1. The van der Waals surface area contributed by atoms with E-state index in [9.17, 15) is 9.90 Å². The summed E-state index contributed by atoms with van der Waals surface area (Å²) in [6, 6.07) is 17.1. The summed E-state index contributed by atoms with van der Waals surface area (Å²) < 4.78 is 0. The van der Waals surface area contributed by atoms with Gasteiger partial charge in [0.15, 0.2) is 0 Å². The summed E-state index contributed by atoms with van der Waals surface area (Å²) >= 11 is 0. The van der Waals surface area contributed by atoms with Crippen LogP contribution in [0.2, 0.25) is 0 Å². The molecule has 0 fully saturated rings. The van der Waals surface area contributed by atoms with Gasteiger partial charge < -0.3 is 10.0 Å². The fraction of sp³-hybridized carbons (Fsp3) is 0.143. The highest BCUT2D eigenvalue weighted by Crippen LogP contribution is 2.33. The minimum absolute atomic E-state index is 0.289. The zero-order chi connectivity index (χ0) is 17.8. The van der Waals surface area contributed by atoms with Gasteiger partial charge >= 0.3 is 5.97 Å². The van der Waals surface area contributed by atoms with Gasteiger partial charge in [0.1, 0.15) is 0 Å². The molecule has 0 aliphatic rings. The summed E-state index contributed by atoms with van der Waals surface area (Å²) in [7, 11) is 0. The number of nitrogens with zero attached hydrogens (tertiary/aromatic N) is 2. The van der Waals surface area contributed by atoms with Crippen molar-refractivity contribution in [2.45, 2.75) is 20.4 Å². The number of anilines is 2. The molecule has 0 radical (unpaired) electrons. The van der Waals surface area contributed by atoms with E-state index in [-0.39, 0.29) is 5.56 Å². The van der Waals surface area contributed by atoms with Crippen LogP contribution >= 0.6 is 0 Å². The molecule has 0 saturated carbocycles. The summed E-state index contributed by atoms with van der Waals surface area (Å²) in [5.41, 5.74) is 5.35. The first-order valence-electron chi connectivity index (χ1n) is 8.13. The van der Waals surface area contributed by atoms with E-state index in [1.54, 1.807) is 24.5 Å². The maximum atomic E-state index is 11.7. The molecule has 0 aliphatic heterocycles. The fourth-order valence-electron chi connectivity index (χ4n) is 2.89. The maximum absolute atomic E-state index is 11.7. The van der Waals surface area contributed by atoms with E-state index < -0.39 is 5.97 Å². The Labute approximate surface area is 147 Å². The number of carboxylic acid groups (broad SMARTS) is 1. The van der Waals surface area contributed by atoms with Crippen LogP contribution in [0.5, 0.6) is 0 Å². The summed E-state index contributed by atoms with van der Waals surface area (Å²) in [5.74, 6) is -0.930. The average molecular weight is 332 g/mol. The molecule has 0 amide bonds. The van der Waals surface area contributed by atoms with Gasteiger partial charge in [0.25, 0.3) is 0 Å². The molecule has 1 aromatic heterocycles. The van der Waals surface area contributed by atoms with Crippen LogP contribution in [0.3, 0.4) is 0 Å². The van der Waals surface area contributed by atoms with Gasteiger partial charge in [0.2, 0.25) is 0 Å². The molecular formula is C21H20N2O2. The normalized spacial score (nSPS) is 10.5. The third-order valence-corrected chi connectivity index (χ3v) is 4.38. The lowest BCUT2D eigenvalue weighted by atomic mass is 10.0. The number of para-hydroxylation sites is 1. The van der Waals surface area contributed by atoms with Gasteiger partial charge in [0.05, 0.1) is 11.3 Å². The van der Waals surface area contributed by atoms with Crippen LogP contribution in [0.25, 0.3) is 0 Å². The van der Waals surface area contributed by atoms with Crippen molar-refractivity contribution < 1.29 is 9.90 Å². The smallest absolute Gasteiger partial charge is 0.337 e. The monoisotopic (exact) mass is 332 g/mol. The lowest BCUT2D eigenvalue weighted by Crippen LogP contribution is -2.20. The zero-order valence-electron chi connectivity index (χ0n) is 14.3. The van der Waals surface area contributed by atoms with E-state index in [1.165, 1.54) is 5.56 Å². The summed E-state index contributed by atoms with van der Waals surface area (Å²) in [6.45, 7) is 4.69. The Kier molecular flexibility index (Phi) is 4.80. The van der Waals surface area contributed by atoms with Crippen molar-refractivity contribution in [2.24, 2.45) is 0 Å². The highest BCUT2D eigenvalue weighted by Gasteiger charge is 2.19. The number of hydrogen-bond donors (Lipinski definition) is 1. The van der Waals surface area contributed by atoms with Crippen molar-refractivity contribution >= 4 is 17.3 Å². The summed E-state index contributed by atoms with van der Waals surface area (Å²) in [4.78, 5) is 17.8. The van der Waals surface area contributed by atoms with Crippen LogP contribution in [-0.4, -0.2) is 16.1 Å².